The molecule has 0 aliphatic heterocycles. The van der Waals surface area contributed by atoms with Crippen LogP contribution in [0, 0.1) is 0 Å². The highest BCUT2D eigenvalue weighted by Crippen LogP contribution is 2.40. The highest BCUT2D eigenvalue weighted by molar-refractivity contribution is 6.22. The van der Waals surface area contributed by atoms with E-state index in [0.29, 0.717) is 5.82 Å². The van der Waals surface area contributed by atoms with Crippen LogP contribution >= 0.6 is 0 Å². The number of aromatic nitrogens is 4. The van der Waals surface area contributed by atoms with Crippen LogP contribution < -0.4 is 0 Å². The monoisotopic (exact) mass is 712 g/mol. The van der Waals surface area contributed by atoms with Crippen molar-refractivity contribution in [3.63, 3.8) is 0 Å². The second-order valence-corrected chi connectivity index (χ2v) is 14.6. The van der Waals surface area contributed by atoms with Crippen molar-refractivity contribution in [2.75, 3.05) is 0 Å². The fourth-order valence-corrected chi connectivity index (χ4v) is 8.93. The van der Waals surface area contributed by atoms with Gasteiger partial charge in [-0.05, 0) is 82.2 Å². The Balaban J connectivity index is 1.10. The van der Waals surface area contributed by atoms with E-state index in [9.17, 15) is 0 Å². The van der Waals surface area contributed by atoms with Crippen molar-refractivity contribution in [3.05, 3.63) is 194 Å². The molecule has 0 unspecified atom stereocenters. The fraction of sp³-hybridized carbons (Fsp3) is 0. The number of hydrogen-bond acceptors (Lipinski definition) is 2. The molecule has 9 aromatic carbocycles. The summed E-state index contributed by atoms with van der Waals surface area (Å²) >= 11 is 0. The summed E-state index contributed by atoms with van der Waals surface area (Å²) in [6.45, 7) is 0. The predicted molar refractivity (Wildman–Crippen MR) is 234 cm³/mol. The summed E-state index contributed by atoms with van der Waals surface area (Å²) in [5.74, 6) is 0.705. The number of rotatable bonds is 4. The van der Waals surface area contributed by atoms with Crippen molar-refractivity contribution >= 4 is 76.1 Å². The van der Waals surface area contributed by atoms with E-state index in [1.807, 2.05) is 12.1 Å². The number of hydrogen-bond donors (Lipinski definition) is 0. The van der Waals surface area contributed by atoms with Gasteiger partial charge in [0.1, 0.15) is 0 Å². The lowest BCUT2D eigenvalue weighted by atomic mass is 10.0. The molecule has 0 saturated heterocycles. The third-order valence-electron chi connectivity index (χ3n) is 11.4. The van der Waals surface area contributed by atoms with Gasteiger partial charge in [-0.3, -0.25) is 0 Å². The first-order valence-corrected chi connectivity index (χ1v) is 19.1. The standard InChI is InChI=1S/C52H32N4/c1-2-14-34(15-3-1)51-41-21-8-10-23-45(41)53-52(54-51)37-18-12-19-38(29-37)56-47-28-26-39(32-44(47)43-30-35-16-4-5-17-36(35)31-49(43)56)55-46-24-11-9-22-42(46)50-40-20-7-6-13-33(40)25-27-48(50)55/h1-32H. The summed E-state index contributed by atoms with van der Waals surface area (Å²) in [5, 5.41) is 11.0. The van der Waals surface area contributed by atoms with Crippen molar-refractivity contribution in [3.8, 4) is 34.0 Å². The Hall–Kier alpha value is -7.56. The van der Waals surface area contributed by atoms with Gasteiger partial charge in [-0.1, -0.05) is 133 Å². The van der Waals surface area contributed by atoms with Crippen LogP contribution in [0.1, 0.15) is 0 Å². The Kier molecular flexibility index (Phi) is 6.60. The predicted octanol–water partition coefficient (Wildman–Crippen LogP) is 13.5. The van der Waals surface area contributed by atoms with Gasteiger partial charge in [-0.2, -0.15) is 0 Å². The molecule has 0 aliphatic carbocycles. The Labute approximate surface area is 322 Å². The first-order valence-electron chi connectivity index (χ1n) is 19.1. The molecule has 0 aliphatic rings. The smallest absolute Gasteiger partial charge is 0.160 e. The van der Waals surface area contributed by atoms with Gasteiger partial charge in [-0.15, -0.1) is 0 Å². The first kappa shape index (κ1) is 30.9. The fourth-order valence-electron chi connectivity index (χ4n) is 8.93. The number of para-hydroxylation sites is 2. The van der Waals surface area contributed by atoms with Gasteiger partial charge in [0, 0.05) is 49.4 Å². The van der Waals surface area contributed by atoms with Crippen molar-refractivity contribution in [2.24, 2.45) is 0 Å². The summed E-state index contributed by atoms with van der Waals surface area (Å²) in [7, 11) is 0. The highest BCUT2D eigenvalue weighted by atomic mass is 15.0. The highest BCUT2D eigenvalue weighted by Gasteiger charge is 2.19. The van der Waals surface area contributed by atoms with Crippen LogP contribution in [0.2, 0.25) is 0 Å². The molecule has 0 spiro atoms. The summed E-state index contributed by atoms with van der Waals surface area (Å²) in [6.07, 6.45) is 0. The zero-order valence-electron chi connectivity index (χ0n) is 30.3. The van der Waals surface area contributed by atoms with E-state index < -0.39 is 0 Å². The Bertz CT molecular complexity index is 3540. The molecular weight excluding hydrogens is 681 g/mol. The minimum Gasteiger partial charge on any atom is -0.309 e. The minimum atomic E-state index is 0.705. The molecule has 0 N–H and O–H groups in total. The molecule has 12 aromatic rings. The average Bonchev–Trinajstić information content (AvgIpc) is 3.77. The van der Waals surface area contributed by atoms with Crippen LogP contribution in [-0.2, 0) is 0 Å². The topological polar surface area (TPSA) is 35.6 Å². The maximum Gasteiger partial charge on any atom is 0.160 e. The van der Waals surface area contributed by atoms with Gasteiger partial charge in [-0.25, -0.2) is 9.97 Å². The van der Waals surface area contributed by atoms with Gasteiger partial charge in [0.2, 0.25) is 0 Å². The zero-order chi connectivity index (χ0) is 36.7. The SMILES string of the molecule is c1ccc(-c2nc(-c3cccc(-n4c5ccc(-n6c7ccccc7c7c8ccccc8ccc76)cc5c5cc6ccccc6cc54)c3)nc3ccccc23)cc1. The van der Waals surface area contributed by atoms with E-state index in [0.717, 1.165) is 50.1 Å². The van der Waals surface area contributed by atoms with Gasteiger partial charge < -0.3 is 9.13 Å². The van der Waals surface area contributed by atoms with Crippen LogP contribution in [-0.4, -0.2) is 19.1 Å². The molecular formula is C52H32N4. The molecule has 0 bridgehead atoms. The molecule has 56 heavy (non-hydrogen) atoms. The molecule has 0 amide bonds. The molecule has 3 aromatic heterocycles. The molecule has 4 nitrogen and oxygen atoms in total. The van der Waals surface area contributed by atoms with E-state index >= 15 is 0 Å². The van der Waals surface area contributed by atoms with E-state index in [4.69, 9.17) is 9.97 Å². The van der Waals surface area contributed by atoms with Gasteiger partial charge in [0.05, 0.1) is 33.3 Å². The maximum atomic E-state index is 5.21. The van der Waals surface area contributed by atoms with E-state index in [1.165, 1.54) is 54.1 Å². The van der Waals surface area contributed by atoms with Crippen LogP contribution in [0.5, 0.6) is 0 Å². The third-order valence-corrected chi connectivity index (χ3v) is 11.4. The van der Waals surface area contributed by atoms with Gasteiger partial charge in [0.25, 0.3) is 0 Å². The third kappa shape index (κ3) is 4.60. The lowest BCUT2D eigenvalue weighted by Crippen LogP contribution is -1.98. The number of fused-ring (bicyclic) bond motifs is 10. The van der Waals surface area contributed by atoms with Crippen LogP contribution in [0.4, 0.5) is 0 Å². The van der Waals surface area contributed by atoms with E-state index in [1.54, 1.807) is 0 Å². The Morgan fingerprint density at radius 1 is 0.321 bits per heavy atom. The molecule has 0 saturated carbocycles. The molecule has 260 valence electrons. The van der Waals surface area contributed by atoms with Crippen molar-refractivity contribution in [2.45, 2.75) is 0 Å². The largest absolute Gasteiger partial charge is 0.309 e. The molecule has 3 heterocycles. The van der Waals surface area contributed by atoms with Gasteiger partial charge in [0.15, 0.2) is 5.82 Å². The summed E-state index contributed by atoms with van der Waals surface area (Å²) in [6, 6.07) is 69.7. The maximum absolute atomic E-state index is 5.21. The summed E-state index contributed by atoms with van der Waals surface area (Å²) in [5.41, 5.74) is 10.8. The average molecular weight is 713 g/mol. The first-order chi connectivity index (χ1) is 27.8. The molecule has 12 rings (SSSR count). The normalized spacial score (nSPS) is 11.9. The quantitative estimate of drug-likeness (QED) is 0.182. The lowest BCUT2D eigenvalue weighted by Gasteiger charge is -2.13. The number of nitrogens with zero attached hydrogens (tertiary/aromatic N) is 4. The lowest BCUT2D eigenvalue weighted by molar-refractivity contribution is 1.16. The molecule has 4 heteroatoms. The van der Waals surface area contributed by atoms with Crippen LogP contribution in [0.25, 0.3) is 110 Å². The van der Waals surface area contributed by atoms with Crippen LogP contribution in [0.15, 0.2) is 194 Å². The summed E-state index contributed by atoms with van der Waals surface area (Å²) in [4.78, 5) is 10.3. The number of benzene rings is 9. The second-order valence-electron chi connectivity index (χ2n) is 14.6. The molecule has 0 fully saturated rings. The Morgan fingerprint density at radius 3 is 1.82 bits per heavy atom. The second kappa shape index (κ2) is 12.0. The van der Waals surface area contributed by atoms with E-state index in [-0.39, 0.29) is 0 Å². The minimum absolute atomic E-state index is 0.705. The zero-order valence-corrected chi connectivity index (χ0v) is 30.3. The van der Waals surface area contributed by atoms with Crippen molar-refractivity contribution in [1.82, 2.24) is 19.1 Å². The van der Waals surface area contributed by atoms with Crippen molar-refractivity contribution < 1.29 is 0 Å². The van der Waals surface area contributed by atoms with Crippen LogP contribution in [0.3, 0.4) is 0 Å². The molecule has 0 atom stereocenters. The summed E-state index contributed by atoms with van der Waals surface area (Å²) < 4.78 is 4.84. The molecule has 0 radical (unpaired) electrons. The Morgan fingerprint density at radius 2 is 0.946 bits per heavy atom. The van der Waals surface area contributed by atoms with Gasteiger partial charge >= 0.3 is 0 Å². The van der Waals surface area contributed by atoms with E-state index in [2.05, 4.69) is 191 Å². The van der Waals surface area contributed by atoms with Crippen molar-refractivity contribution in [1.29, 1.82) is 0 Å².